The topological polar surface area (TPSA) is 102 Å². The number of amides is 3. The van der Waals surface area contributed by atoms with Gasteiger partial charge < -0.3 is 15.3 Å². The van der Waals surface area contributed by atoms with Crippen molar-refractivity contribution < 1.29 is 19.9 Å². The number of carbonyl (C=O) groups is 2. The molecule has 132 valence electrons. The molecule has 1 saturated heterocycles. The molecule has 7 nitrogen and oxygen atoms in total. The Bertz CT molecular complexity index is 571. The van der Waals surface area contributed by atoms with E-state index in [2.05, 4.69) is 33.4 Å². The number of hydrogen-bond acceptors (Lipinski definition) is 4. The van der Waals surface area contributed by atoms with Crippen molar-refractivity contribution in [1.29, 1.82) is 0 Å². The summed E-state index contributed by atoms with van der Waals surface area (Å²) < 4.78 is 1.04. The zero-order valence-electron chi connectivity index (χ0n) is 13.4. The number of likely N-dealkylation sites (tertiary alicyclic amines) is 1. The number of aliphatic hydroxyl groups excluding tert-OH is 1. The molecule has 3 amide bonds. The predicted octanol–water partition coefficient (Wildman–Crippen LogP) is 1.59. The van der Waals surface area contributed by atoms with E-state index in [9.17, 15) is 14.7 Å². The monoisotopic (exact) mass is 399 g/mol. The first-order valence-electron chi connectivity index (χ1n) is 7.85. The van der Waals surface area contributed by atoms with Gasteiger partial charge in [0.15, 0.2) is 0 Å². The van der Waals surface area contributed by atoms with Crippen LogP contribution in [0.4, 0.5) is 4.79 Å². The molecule has 8 heteroatoms. The summed E-state index contributed by atoms with van der Waals surface area (Å²) in [6.45, 7) is 2.51. The molecule has 1 aromatic carbocycles. The molecule has 1 aromatic rings. The number of aliphatic hydroxyl groups is 1. The molecule has 0 saturated carbocycles. The molecule has 2 atom stereocenters. The van der Waals surface area contributed by atoms with Gasteiger partial charge in [0.05, 0.1) is 6.10 Å². The van der Waals surface area contributed by atoms with Crippen LogP contribution < -0.4 is 10.8 Å². The molecule has 2 rings (SSSR count). The fourth-order valence-electron chi connectivity index (χ4n) is 2.85. The maximum absolute atomic E-state index is 12.3. The van der Waals surface area contributed by atoms with Crippen molar-refractivity contribution in [3.05, 3.63) is 34.3 Å². The third-order valence-corrected chi connectivity index (χ3v) is 4.81. The van der Waals surface area contributed by atoms with E-state index in [0.29, 0.717) is 19.0 Å². The van der Waals surface area contributed by atoms with Gasteiger partial charge in [0.1, 0.15) is 6.04 Å². The van der Waals surface area contributed by atoms with E-state index in [-0.39, 0.29) is 0 Å². The number of hydrogen-bond donors (Lipinski definition) is 4. The van der Waals surface area contributed by atoms with Crippen LogP contribution in [0.1, 0.15) is 31.2 Å². The minimum absolute atomic E-state index is 0.399. The number of nitrogens with one attached hydrogen (secondary N) is 2. The summed E-state index contributed by atoms with van der Waals surface area (Å²) in [5.74, 6) is -0.446. The molecule has 0 aliphatic carbocycles. The molecule has 4 N–H and O–H groups in total. The Morgan fingerprint density at radius 2 is 1.83 bits per heavy atom. The Hall–Kier alpha value is -1.64. The van der Waals surface area contributed by atoms with Crippen LogP contribution in [0.25, 0.3) is 0 Å². The van der Waals surface area contributed by atoms with Gasteiger partial charge in [-0.05, 0) is 43.4 Å². The van der Waals surface area contributed by atoms with Gasteiger partial charge in [-0.1, -0.05) is 28.1 Å². The van der Waals surface area contributed by atoms with Gasteiger partial charge in [-0.25, -0.2) is 10.3 Å². The van der Waals surface area contributed by atoms with Crippen molar-refractivity contribution >= 4 is 27.9 Å². The van der Waals surface area contributed by atoms with Gasteiger partial charge in [0.25, 0.3) is 5.91 Å². The molecular weight excluding hydrogens is 378 g/mol. The molecule has 0 aromatic heterocycles. The summed E-state index contributed by atoms with van der Waals surface area (Å²) in [6.07, 6.45) is 0.558. The van der Waals surface area contributed by atoms with Gasteiger partial charge in [0.2, 0.25) is 0 Å². The SMILES string of the molecule is C[C@@H](O)[C@H](NC(=O)N1CCC(c2ccc(Br)cc2)CC1)C(=O)NO. The van der Waals surface area contributed by atoms with E-state index in [4.69, 9.17) is 5.21 Å². The van der Waals surface area contributed by atoms with E-state index in [0.717, 1.165) is 17.3 Å². The summed E-state index contributed by atoms with van der Waals surface area (Å²) in [5, 5.41) is 20.7. The van der Waals surface area contributed by atoms with Gasteiger partial charge >= 0.3 is 6.03 Å². The Kier molecular flexibility index (Phi) is 6.59. The summed E-state index contributed by atoms with van der Waals surface area (Å²) in [5.41, 5.74) is 2.70. The molecule has 1 heterocycles. The lowest BCUT2D eigenvalue weighted by molar-refractivity contribution is -0.133. The lowest BCUT2D eigenvalue weighted by Crippen LogP contribution is -2.56. The highest BCUT2D eigenvalue weighted by molar-refractivity contribution is 9.10. The lowest BCUT2D eigenvalue weighted by atomic mass is 9.89. The van der Waals surface area contributed by atoms with Crippen LogP contribution in [0, 0.1) is 0 Å². The first-order valence-corrected chi connectivity index (χ1v) is 8.64. The number of rotatable bonds is 4. The number of carbonyl (C=O) groups excluding carboxylic acids is 2. The fourth-order valence-corrected chi connectivity index (χ4v) is 3.11. The number of piperidine rings is 1. The third kappa shape index (κ3) is 4.68. The van der Waals surface area contributed by atoms with E-state index in [1.165, 1.54) is 18.0 Å². The van der Waals surface area contributed by atoms with E-state index in [1.54, 1.807) is 4.90 Å². The van der Waals surface area contributed by atoms with Crippen molar-refractivity contribution in [3.8, 4) is 0 Å². The molecule has 0 spiro atoms. The maximum atomic E-state index is 12.3. The molecule has 24 heavy (non-hydrogen) atoms. The van der Waals surface area contributed by atoms with Gasteiger partial charge in [-0.15, -0.1) is 0 Å². The van der Waals surface area contributed by atoms with Crippen molar-refractivity contribution in [1.82, 2.24) is 15.7 Å². The van der Waals surface area contributed by atoms with Gasteiger partial charge in [-0.2, -0.15) is 0 Å². The molecular formula is C16H22BrN3O4. The average molecular weight is 400 g/mol. The standard InChI is InChI=1S/C16H22BrN3O4/c1-10(21)14(15(22)19-24)18-16(23)20-8-6-12(7-9-20)11-2-4-13(17)5-3-11/h2-5,10,12,14,21,24H,6-9H2,1H3,(H,18,23)(H,19,22)/t10-,14+/m1/s1. The third-order valence-electron chi connectivity index (χ3n) is 4.28. The predicted molar refractivity (Wildman–Crippen MR) is 91.6 cm³/mol. The van der Waals surface area contributed by atoms with Crippen LogP contribution in [0.3, 0.4) is 0 Å². The fraction of sp³-hybridized carbons (Fsp3) is 0.500. The van der Waals surface area contributed by atoms with Crippen LogP contribution in [0.2, 0.25) is 0 Å². The van der Waals surface area contributed by atoms with Crippen molar-refractivity contribution in [2.75, 3.05) is 13.1 Å². The largest absolute Gasteiger partial charge is 0.391 e. The summed E-state index contributed by atoms with van der Waals surface area (Å²) in [7, 11) is 0. The summed E-state index contributed by atoms with van der Waals surface area (Å²) in [4.78, 5) is 25.4. The molecule has 1 aliphatic heterocycles. The number of nitrogens with zero attached hydrogens (tertiary/aromatic N) is 1. The van der Waals surface area contributed by atoms with Crippen molar-refractivity contribution in [3.63, 3.8) is 0 Å². The zero-order valence-corrected chi connectivity index (χ0v) is 15.0. The van der Waals surface area contributed by atoms with Crippen LogP contribution in [0.5, 0.6) is 0 Å². The van der Waals surface area contributed by atoms with E-state index < -0.39 is 24.1 Å². The van der Waals surface area contributed by atoms with Crippen molar-refractivity contribution in [2.24, 2.45) is 0 Å². The summed E-state index contributed by atoms with van der Waals surface area (Å²) in [6, 6.07) is 6.58. The lowest BCUT2D eigenvalue weighted by Gasteiger charge is -2.33. The quantitative estimate of drug-likeness (QED) is 0.456. The number of urea groups is 1. The Morgan fingerprint density at radius 3 is 2.33 bits per heavy atom. The molecule has 1 aliphatic rings. The Morgan fingerprint density at radius 1 is 1.25 bits per heavy atom. The second kappa shape index (κ2) is 8.46. The van der Waals surface area contributed by atoms with E-state index in [1.807, 2.05) is 12.1 Å². The first-order chi connectivity index (χ1) is 11.4. The minimum Gasteiger partial charge on any atom is -0.391 e. The Labute approximate surface area is 149 Å². The zero-order chi connectivity index (χ0) is 17.7. The Balaban J connectivity index is 1.90. The molecule has 0 bridgehead atoms. The number of benzene rings is 1. The first kappa shape index (κ1) is 18.7. The molecule has 1 fully saturated rings. The average Bonchev–Trinajstić information content (AvgIpc) is 2.59. The van der Waals surface area contributed by atoms with Crippen LogP contribution >= 0.6 is 15.9 Å². The minimum atomic E-state index is -1.19. The molecule has 0 unspecified atom stereocenters. The maximum Gasteiger partial charge on any atom is 0.318 e. The molecule has 0 radical (unpaired) electrons. The van der Waals surface area contributed by atoms with Crippen LogP contribution in [-0.4, -0.2) is 52.4 Å². The normalized spacial score (nSPS) is 17.9. The van der Waals surface area contributed by atoms with Gasteiger partial charge in [-0.3, -0.25) is 10.0 Å². The van der Waals surface area contributed by atoms with E-state index >= 15 is 0 Å². The number of halogens is 1. The highest BCUT2D eigenvalue weighted by Gasteiger charge is 2.29. The van der Waals surface area contributed by atoms with Crippen LogP contribution in [0.15, 0.2) is 28.7 Å². The number of hydroxylamine groups is 1. The van der Waals surface area contributed by atoms with Crippen molar-refractivity contribution in [2.45, 2.75) is 37.8 Å². The second-order valence-electron chi connectivity index (χ2n) is 5.96. The summed E-state index contributed by atoms with van der Waals surface area (Å²) >= 11 is 3.42. The smallest absolute Gasteiger partial charge is 0.318 e. The highest BCUT2D eigenvalue weighted by atomic mass is 79.9. The highest BCUT2D eigenvalue weighted by Crippen LogP contribution is 2.28. The van der Waals surface area contributed by atoms with Crippen LogP contribution in [-0.2, 0) is 4.79 Å². The van der Waals surface area contributed by atoms with Gasteiger partial charge in [0, 0.05) is 17.6 Å². The second-order valence-corrected chi connectivity index (χ2v) is 6.87.